The normalized spacial score (nSPS) is 15.9. The number of aromatic nitrogens is 1. The lowest BCUT2D eigenvalue weighted by Gasteiger charge is -2.10. The number of carbonyl (C=O) groups excluding carboxylic acids is 3. The molecule has 2 aliphatic rings. The molecular formula is C24H21N3O7. The van der Waals surface area contributed by atoms with Gasteiger partial charge in [-0.05, 0) is 55.8 Å². The summed E-state index contributed by atoms with van der Waals surface area (Å²) in [5, 5.41) is 2.61. The van der Waals surface area contributed by atoms with Crippen LogP contribution in [-0.2, 0) is 16.1 Å². The number of urea groups is 1. The van der Waals surface area contributed by atoms with E-state index in [1.165, 1.54) is 19.2 Å². The Morgan fingerprint density at radius 3 is 2.71 bits per heavy atom. The SMILES string of the molecule is COC(=O)c1ccc(CN2C(=O)N/C(=C\c3cc(C)n(-c4ccc5c(c4)OCO5)c3C)C2=O)o1. The van der Waals surface area contributed by atoms with Crippen LogP contribution in [0.25, 0.3) is 11.8 Å². The molecule has 2 aliphatic heterocycles. The number of nitrogens with one attached hydrogen (secondary N) is 1. The minimum absolute atomic E-state index is 0.00345. The molecule has 2 aromatic heterocycles. The maximum Gasteiger partial charge on any atom is 0.373 e. The molecule has 1 N–H and O–H groups in total. The second-order valence-electron chi connectivity index (χ2n) is 7.84. The molecule has 1 fully saturated rings. The van der Waals surface area contributed by atoms with Crippen molar-refractivity contribution in [2.45, 2.75) is 20.4 Å². The molecule has 0 bridgehead atoms. The molecule has 10 heteroatoms. The predicted molar refractivity (Wildman–Crippen MR) is 118 cm³/mol. The van der Waals surface area contributed by atoms with Gasteiger partial charge in [0, 0.05) is 23.1 Å². The second kappa shape index (κ2) is 8.14. The molecular weight excluding hydrogens is 442 g/mol. The quantitative estimate of drug-likeness (QED) is 0.351. The van der Waals surface area contributed by atoms with E-state index in [0.29, 0.717) is 11.5 Å². The Balaban J connectivity index is 1.39. The van der Waals surface area contributed by atoms with Crippen molar-refractivity contribution in [3.63, 3.8) is 0 Å². The lowest BCUT2D eigenvalue weighted by molar-refractivity contribution is -0.123. The van der Waals surface area contributed by atoms with Gasteiger partial charge in [0.15, 0.2) is 11.5 Å². The summed E-state index contributed by atoms with van der Waals surface area (Å²) in [4.78, 5) is 38.0. The number of nitrogens with zero attached hydrogens (tertiary/aromatic N) is 2. The van der Waals surface area contributed by atoms with Crippen molar-refractivity contribution < 1.29 is 33.0 Å². The van der Waals surface area contributed by atoms with Gasteiger partial charge in [-0.1, -0.05) is 0 Å². The van der Waals surface area contributed by atoms with E-state index in [0.717, 1.165) is 27.5 Å². The molecule has 34 heavy (non-hydrogen) atoms. The highest BCUT2D eigenvalue weighted by Crippen LogP contribution is 2.35. The summed E-state index contributed by atoms with van der Waals surface area (Å²) in [6.45, 7) is 3.96. The molecule has 3 amide bonds. The maximum absolute atomic E-state index is 12.9. The third kappa shape index (κ3) is 3.58. The molecule has 3 aromatic rings. The van der Waals surface area contributed by atoms with Crippen LogP contribution in [-0.4, -0.2) is 41.3 Å². The van der Waals surface area contributed by atoms with Gasteiger partial charge in [-0.25, -0.2) is 9.59 Å². The minimum atomic E-state index is -0.637. The van der Waals surface area contributed by atoms with E-state index in [-0.39, 0.29) is 30.6 Å². The van der Waals surface area contributed by atoms with Crippen LogP contribution >= 0.6 is 0 Å². The van der Waals surface area contributed by atoms with Crippen molar-refractivity contribution in [2.75, 3.05) is 13.9 Å². The van der Waals surface area contributed by atoms with Crippen molar-refractivity contribution in [2.24, 2.45) is 0 Å². The Hall–Kier alpha value is -4.47. The first-order valence-corrected chi connectivity index (χ1v) is 10.5. The Morgan fingerprint density at radius 2 is 1.91 bits per heavy atom. The molecule has 5 rings (SSSR count). The van der Waals surface area contributed by atoms with Gasteiger partial charge in [0.25, 0.3) is 5.91 Å². The number of imide groups is 1. The van der Waals surface area contributed by atoms with Gasteiger partial charge in [-0.2, -0.15) is 0 Å². The zero-order valence-corrected chi connectivity index (χ0v) is 18.7. The number of hydrogen-bond acceptors (Lipinski definition) is 7. The molecule has 0 spiro atoms. The Kier molecular flexibility index (Phi) is 5.12. The highest BCUT2D eigenvalue weighted by molar-refractivity contribution is 6.13. The number of aryl methyl sites for hydroxylation is 1. The second-order valence-corrected chi connectivity index (χ2v) is 7.84. The van der Waals surface area contributed by atoms with Crippen LogP contribution in [0, 0.1) is 13.8 Å². The van der Waals surface area contributed by atoms with Gasteiger partial charge in [0.2, 0.25) is 12.6 Å². The molecule has 0 atom stereocenters. The van der Waals surface area contributed by atoms with Crippen LogP contribution in [0.15, 0.2) is 46.5 Å². The first-order chi connectivity index (χ1) is 16.4. The summed E-state index contributed by atoms with van der Waals surface area (Å²) in [6, 6.07) is 10.00. The minimum Gasteiger partial charge on any atom is -0.463 e. The van der Waals surface area contributed by atoms with Gasteiger partial charge in [-0.3, -0.25) is 9.69 Å². The number of ether oxygens (including phenoxy) is 3. The van der Waals surface area contributed by atoms with Crippen LogP contribution in [0.5, 0.6) is 11.5 Å². The predicted octanol–water partition coefficient (Wildman–Crippen LogP) is 3.30. The molecule has 0 saturated carbocycles. The summed E-state index contributed by atoms with van der Waals surface area (Å²) >= 11 is 0. The first-order valence-electron chi connectivity index (χ1n) is 10.5. The van der Waals surface area contributed by atoms with Crippen LogP contribution in [0.1, 0.15) is 33.3 Å². The van der Waals surface area contributed by atoms with Gasteiger partial charge in [-0.15, -0.1) is 0 Å². The first kappa shape index (κ1) is 21.4. The van der Waals surface area contributed by atoms with Crippen molar-refractivity contribution in [3.8, 4) is 17.2 Å². The summed E-state index contributed by atoms with van der Waals surface area (Å²) in [5.74, 6) is 0.522. The summed E-state index contributed by atoms with van der Waals surface area (Å²) in [7, 11) is 1.24. The van der Waals surface area contributed by atoms with Crippen LogP contribution in [0.3, 0.4) is 0 Å². The van der Waals surface area contributed by atoms with E-state index >= 15 is 0 Å². The lowest BCUT2D eigenvalue weighted by atomic mass is 10.2. The summed E-state index contributed by atoms with van der Waals surface area (Å²) in [6.07, 6.45) is 1.65. The van der Waals surface area contributed by atoms with Gasteiger partial charge in [0.1, 0.15) is 11.5 Å². The molecule has 4 heterocycles. The van der Waals surface area contributed by atoms with E-state index in [1.54, 1.807) is 6.08 Å². The number of amides is 3. The van der Waals surface area contributed by atoms with Crippen LogP contribution in [0.2, 0.25) is 0 Å². The fourth-order valence-electron chi connectivity index (χ4n) is 4.06. The fourth-order valence-corrected chi connectivity index (χ4v) is 4.06. The standard InChI is InChI=1S/C24H21N3O7/c1-13-8-15(14(2)27(13)16-4-6-19-21(10-16)33-12-32-19)9-18-22(28)26(24(30)25-18)11-17-5-7-20(34-17)23(29)31-3/h4-10H,11-12H2,1-3H3,(H,25,30)/b18-9-. The summed E-state index contributed by atoms with van der Waals surface area (Å²) in [5.41, 5.74) is 3.66. The maximum atomic E-state index is 12.9. The van der Waals surface area contributed by atoms with Crippen molar-refractivity contribution >= 4 is 24.0 Å². The molecule has 10 nitrogen and oxygen atoms in total. The number of benzene rings is 1. The number of hydrogen-bond donors (Lipinski definition) is 1. The molecule has 0 radical (unpaired) electrons. The summed E-state index contributed by atoms with van der Waals surface area (Å²) < 4.78 is 22.9. The smallest absolute Gasteiger partial charge is 0.373 e. The average Bonchev–Trinajstić information content (AvgIpc) is 3.58. The topological polar surface area (TPSA) is 112 Å². The van der Waals surface area contributed by atoms with E-state index in [2.05, 4.69) is 10.1 Å². The molecule has 0 unspecified atom stereocenters. The molecule has 1 saturated heterocycles. The fraction of sp³-hybridized carbons (Fsp3) is 0.208. The van der Waals surface area contributed by atoms with Gasteiger partial charge in [0.05, 0.1) is 13.7 Å². The highest BCUT2D eigenvalue weighted by atomic mass is 16.7. The van der Waals surface area contributed by atoms with E-state index in [1.807, 2.05) is 42.7 Å². The van der Waals surface area contributed by atoms with Crippen LogP contribution in [0.4, 0.5) is 4.79 Å². The third-order valence-electron chi connectivity index (χ3n) is 5.71. The molecule has 0 aliphatic carbocycles. The van der Waals surface area contributed by atoms with Crippen LogP contribution < -0.4 is 14.8 Å². The monoisotopic (exact) mass is 463 g/mol. The number of rotatable bonds is 5. The van der Waals surface area contributed by atoms with Crippen molar-refractivity contribution in [3.05, 3.63) is 70.6 Å². The van der Waals surface area contributed by atoms with E-state index < -0.39 is 17.9 Å². The number of methoxy groups -OCH3 is 1. The lowest BCUT2D eigenvalue weighted by Crippen LogP contribution is -2.30. The Morgan fingerprint density at radius 1 is 1.12 bits per heavy atom. The van der Waals surface area contributed by atoms with Crippen molar-refractivity contribution in [1.29, 1.82) is 0 Å². The molecule has 174 valence electrons. The number of carbonyl (C=O) groups is 3. The van der Waals surface area contributed by atoms with E-state index in [9.17, 15) is 14.4 Å². The largest absolute Gasteiger partial charge is 0.463 e. The number of furan rings is 1. The zero-order valence-electron chi connectivity index (χ0n) is 18.7. The highest BCUT2D eigenvalue weighted by Gasteiger charge is 2.34. The zero-order chi connectivity index (χ0) is 24.0. The third-order valence-corrected chi connectivity index (χ3v) is 5.71. The van der Waals surface area contributed by atoms with E-state index in [4.69, 9.17) is 13.9 Å². The van der Waals surface area contributed by atoms with Crippen molar-refractivity contribution in [1.82, 2.24) is 14.8 Å². The van der Waals surface area contributed by atoms with Gasteiger partial charge < -0.3 is 28.5 Å². The average molecular weight is 463 g/mol. The Labute approximate surface area is 194 Å². The number of esters is 1. The Bertz CT molecular complexity index is 1360. The number of fused-ring (bicyclic) bond motifs is 1. The van der Waals surface area contributed by atoms with Gasteiger partial charge >= 0.3 is 12.0 Å². The molecule has 1 aromatic carbocycles.